The molecule has 0 saturated carbocycles. The highest BCUT2D eigenvalue weighted by Gasteiger charge is 2.36. The first-order valence-corrected chi connectivity index (χ1v) is 11.0. The van der Waals surface area contributed by atoms with Gasteiger partial charge in [-0.25, -0.2) is 0 Å². The molecule has 0 bridgehead atoms. The van der Waals surface area contributed by atoms with E-state index in [2.05, 4.69) is 30.6 Å². The number of amidine groups is 2. The Bertz CT molecular complexity index is 1200. The summed E-state index contributed by atoms with van der Waals surface area (Å²) >= 11 is 2.32. The number of benzene rings is 2. The van der Waals surface area contributed by atoms with E-state index in [1.807, 2.05) is 12.1 Å². The van der Waals surface area contributed by atoms with E-state index in [0.717, 1.165) is 22.7 Å². The van der Waals surface area contributed by atoms with E-state index in [1.54, 1.807) is 48.5 Å². The first kappa shape index (κ1) is 19.8. The summed E-state index contributed by atoms with van der Waals surface area (Å²) < 4.78 is 0. The molecule has 2 aromatic heterocycles. The number of hydrogen-bond acceptors (Lipinski definition) is 12. The molecule has 0 fully saturated rings. The van der Waals surface area contributed by atoms with Gasteiger partial charge in [0.25, 0.3) is 0 Å². The second kappa shape index (κ2) is 8.53. The standard InChI is InChI=1S/C20H12N8O2S2/c29-15(13-7-3-1-4-8-13)17-25-28(20-24-22-12-32-20)18(16(30)14-9-5-2-6-10-14)26-27(17)19-23-21-11-31-19/h1-12H. The van der Waals surface area contributed by atoms with E-state index in [9.17, 15) is 9.59 Å². The summed E-state index contributed by atoms with van der Waals surface area (Å²) in [6.07, 6.45) is 0. The molecule has 0 amide bonds. The van der Waals surface area contributed by atoms with Gasteiger partial charge in [0.05, 0.1) is 0 Å². The second-order valence-corrected chi connectivity index (χ2v) is 7.93. The van der Waals surface area contributed by atoms with E-state index in [4.69, 9.17) is 0 Å². The third kappa shape index (κ3) is 3.68. The zero-order valence-corrected chi connectivity index (χ0v) is 17.8. The Morgan fingerprint density at radius 3 is 1.38 bits per heavy atom. The van der Waals surface area contributed by atoms with E-state index < -0.39 is 11.6 Å². The Hall–Kier alpha value is -4.16. The molecule has 4 aromatic rings. The summed E-state index contributed by atoms with van der Waals surface area (Å²) in [6.45, 7) is 0. The van der Waals surface area contributed by atoms with Gasteiger partial charge in [0.1, 0.15) is 11.0 Å². The van der Waals surface area contributed by atoms with Gasteiger partial charge in [0.2, 0.25) is 33.5 Å². The number of hydrazone groups is 2. The van der Waals surface area contributed by atoms with Crippen molar-refractivity contribution in [2.45, 2.75) is 0 Å². The lowest BCUT2D eigenvalue weighted by atomic mass is 10.1. The third-order valence-electron chi connectivity index (χ3n) is 4.33. The minimum atomic E-state index is -0.398. The monoisotopic (exact) mass is 460 g/mol. The molecule has 0 saturated heterocycles. The molecule has 0 N–H and O–H groups in total. The molecule has 156 valence electrons. The number of rotatable bonds is 6. The van der Waals surface area contributed by atoms with Crippen LogP contribution in [0.25, 0.3) is 0 Å². The van der Waals surface area contributed by atoms with Crippen LogP contribution in [0.15, 0.2) is 81.9 Å². The molecule has 10 nitrogen and oxygen atoms in total. The fourth-order valence-electron chi connectivity index (χ4n) is 2.88. The minimum Gasteiger partial charge on any atom is -0.285 e. The highest BCUT2D eigenvalue weighted by molar-refractivity contribution is 7.14. The van der Waals surface area contributed by atoms with Crippen molar-refractivity contribution in [3.05, 3.63) is 82.8 Å². The van der Waals surface area contributed by atoms with Crippen LogP contribution in [0.2, 0.25) is 0 Å². The van der Waals surface area contributed by atoms with Crippen molar-refractivity contribution in [3.63, 3.8) is 0 Å². The molecule has 0 unspecified atom stereocenters. The fourth-order valence-corrected chi connectivity index (χ4v) is 3.90. The summed E-state index contributed by atoms with van der Waals surface area (Å²) in [7, 11) is 0. The average Bonchev–Trinajstić information content (AvgIpc) is 3.58. The number of carbonyl (C=O) groups excluding carboxylic acids is 2. The zero-order chi connectivity index (χ0) is 21.9. The van der Waals surface area contributed by atoms with Gasteiger partial charge in [0, 0.05) is 11.1 Å². The van der Waals surface area contributed by atoms with Gasteiger partial charge < -0.3 is 0 Å². The topological polar surface area (TPSA) is 117 Å². The Kier molecular flexibility index (Phi) is 5.27. The maximum Gasteiger partial charge on any atom is 0.234 e. The number of anilines is 2. The Morgan fingerprint density at radius 1 is 0.625 bits per heavy atom. The normalized spacial score (nSPS) is 13.5. The number of aromatic nitrogens is 4. The van der Waals surface area contributed by atoms with Crippen molar-refractivity contribution in [3.8, 4) is 0 Å². The molecular formula is C20H12N8O2S2. The Balaban J connectivity index is 1.66. The third-order valence-corrected chi connectivity index (χ3v) is 5.66. The quantitative estimate of drug-likeness (QED) is 0.403. The average molecular weight is 461 g/mol. The van der Waals surface area contributed by atoms with Crippen LogP contribution in [0.5, 0.6) is 0 Å². The van der Waals surface area contributed by atoms with Crippen LogP contribution in [0.4, 0.5) is 10.3 Å². The van der Waals surface area contributed by atoms with Crippen molar-refractivity contribution in [2.24, 2.45) is 10.2 Å². The largest absolute Gasteiger partial charge is 0.285 e. The highest BCUT2D eigenvalue weighted by atomic mass is 32.1. The number of hydrogen-bond donors (Lipinski definition) is 0. The number of nitrogens with zero attached hydrogens (tertiary/aromatic N) is 8. The van der Waals surface area contributed by atoms with Crippen molar-refractivity contribution in [1.82, 2.24) is 20.4 Å². The van der Waals surface area contributed by atoms with Gasteiger partial charge in [0.15, 0.2) is 0 Å². The van der Waals surface area contributed by atoms with E-state index in [1.165, 1.54) is 21.0 Å². The molecule has 0 aliphatic carbocycles. The van der Waals surface area contributed by atoms with Gasteiger partial charge in [-0.3, -0.25) is 9.59 Å². The number of carbonyl (C=O) groups is 2. The predicted octanol–water partition coefficient (Wildman–Crippen LogP) is 3.11. The maximum atomic E-state index is 13.3. The summed E-state index contributed by atoms with van der Waals surface area (Å²) in [4.78, 5) is 26.7. The molecule has 12 heteroatoms. The SMILES string of the molecule is O=C(C1=NN(c2nncs2)C(C(=O)c2ccccc2)=NN1c1nncs1)c1ccccc1. The molecule has 0 atom stereocenters. The molecular weight excluding hydrogens is 448 g/mol. The lowest BCUT2D eigenvalue weighted by Gasteiger charge is -2.27. The predicted molar refractivity (Wildman–Crippen MR) is 121 cm³/mol. The van der Waals surface area contributed by atoms with Crippen LogP contribution in [0, 0.1) is 0 Å². The molecule has 2 aromatic carbocycles. The smallest absolute Gasteiger partial charge is 0.234 e. The Labute approximate surface area is 189 Å². The van der Waals surface area contributed by atoms with Gasteiger partial charge in [-0.05, 0) is 0 Å². The number of Topliss-reactive ketones (excluding diaryl/α,β-unsaturated/α-hetero) is 2. The first-order valence-electron chi connectivity index (χ1n) is 9.21. The first-order chi connectivity index (χ1) is 15.7. The lowest BCUT2D eigenvalue weighted by molar-refractivity contribution is 0.105. The van der Waals surface area contributed by atoms with Crippen LogP contribution < -0.4 is 10.0 Å². The van der Waals surface area contributed by atoms with Crippen LogP contribution in [0.3, 0.4) is 0 Å². The highest BCUT2D eigenvalue weighted by Crippen LogP contribution is 2.27. The van der Waals surface area contributed by atoms with Crippen molar-refractivity contribution >= 4 is 56.2 Å². The summed E-state index contributed by atoms with van der Waals surface area (Å²) in [5.41, 5.74) is 3.83. The minimum absolute atomic E-state index is 0.0484. The van der Waals surface area contributed by atoms with Gasteiger partial charge in [-0.1, -0.05) is 83.3 Å². The summed E-state index contributed by atoms with van der Waals surface area (Å²) in [5, 5.41) is 27.7. The fraction of sp³-hybridized carbons (Fsp3) is 0. The van der Waals surface area contributed by atoms with E-state index in [0.29, 0.717) is 21.4 Å². The van der Waals surface area contributed by atoms with Crippen molar-refractivity contribution in [1.29, 1.82) is 0 Å². The molecule has 5 rings (SSSR count). The molecule has 1 aliphatic heterocycles. The van der Waals surface area contributed by atoms with Crippen LogP contribution in [-0.4, -0.2) is 43.6 Å². The van der Waals surface area contributed by atoms with E-state index >= 15 is 0 Å². The maximum absolute atomic E-state index is 13.3. The molecule has 32 heavy (non-hydrogen) atoms. The van der Waals surface area contributed by atoms with Gasteiger partial charge >= 0.3 is 0 Å². The van der Waals surface area contributed by atoms with Gasteiger partial charge in [-0.2, -0.15) is 10.0 Å². The molecule has 0 spiro atoms. The summed E-state index contributed by atoms with van der Waals surface area (Å²) in [6, 6.07) is 17.3. The number of ketones is 2. The molecule has 1 aliphatic rings. The van der Waals surface area contributed by atoms with Crippen LogP contribution in [-0.2, 0) is 0 Å². The molecule has 3 heterocycles. The molecule has 0 radical (unpaired) electrons. The van der Waals surface area contributed by atoms with E-state index in [-0.39, 0.29) is 11.7 Å². The van der Waals surface area contributed by atoms with Crippen LogP contribution in [0.1, 0.15) is 20.7 Å². The Morgan fingerprint density at radius 2 is 1.03 bits per heavy atom. The van der Waals surface area contributed by atoms with Crippen molar-refractivity contribution < 1.29 is 9.59 Å². The van der Waals surface area contributed by atoms with Crippen molar-refractivity contribution in [2.75, 3.05) is 10.0 Å². The van der Waals surface area contributed by atoms with Crippen LogP contribution >= 0.6 is 22.7 Å². The van der Waals surface area contributed by atoms with Gasteiger partial charge in [-0.15, -0.1) is 30.6 Å². The lowest BCUT2D eigenvalue weighted by Crippen LogP contribution is -2.46. The second-order valence-electron chi connectivity index (χ2n) is 6.30. The summed E-state index contributed by atoms with van der Waals surface area (Å²) in [5.74, 6) is -0.893. The zero-order valence-electron chi connectivity index (χ0n) is 16.1.